The van der Waals surface area contributed by atoms with Gasteiger partial charge in [-0.25, -0.2) is 0 Å². The monoisotopic (exact) mass is 269 g/mol. The van der Waals surface area contributed by atoms with Crippen LogP contribution >= 0.6 is 0 Å². The molecule has 1 heterocycles. The Morgan fingerprint density at radius 3 is 2.68 bits per heavy atom. The van der Waals surface area contributed by atoms with E-state index in [1.54, 1.807) is 0 Å². The van der Waals surface area contributed by atoms with Crippen LogP contribution in [-0.2, 0) is 4.74 Å². The highest BCUT2D eigenvalue weighted by Gasteiger charge is 2.35. The van der Waals surface area contributed by atoms with E-state index < -0.39 is 0 Å². The van der Waals surface area contributed by atoms with Gasteiger partial charge in [-0.15, -0.1) is 0 Å². The zero-order valence-electron chi connectivity index (χ0n) is 13.0. The third-order valence-electron chi connectivity index (χ3n) is 4.98. The molecule has 1 saturated heterocycles. The fourth-order valence-corrected chi connectivity index (χ4v) is 3.47. The number of rotatable bonds is 6. The van der Waals surface area contributed by atoms with Crippen molar-refractivity contribution < 1.29 is 4.74 Å². The van der Waals surface area contributed by atoms with Gasteiger partial charge in [-0.2, -0.15) is 0 Å². The van der Waals surface area contributed by atoms with Crippen LogP contribution in [0.1, 0.15) is 32.6 Å². The number of nitrogens with one attached hydrogen (secondary N) is 1. The molecule has 1 aliphatic heterocycles. The van der Waals surface area contributed by atoms with Crippen molar-refractivity contribution in [1.82, 2.24) is 15.1 Å². The first-order chi connectivity index (χ1) is 9.16. The van der Waals surface area contributed by atoms with Crippen molar-refractivity contribution in [3.63, 3.8) is 0 Å². The van der Waals surface area contributed by atoms with Crippen LogP contribution in [0.4, 0.5) is 0 Å². The first kappa shape index (κ1) is 15.2. The number of ether oxygens (including phenoxy) is 1. The van der Waals surface area contributed by atoms with E-state index in [9.17, 15) is 0 Å². The molecule has 4 heteroatoms. The van der Waals surface area contributed by atoms with Crippen LogP contribution in [0.3, 0.4) is 0 Å². The average molecular weight is 269 g/mol. The second-order valence-corrected chi connectivity index (χ2v) is 6.34. The molecule has 0 bridgehead atoms. The highest BCUT2D eigenvalue weighted by Crippen LogP contribution is 2.33. The summed E-state index contributed by atoms with van der Waals surface area (Å²) in [6.07, 6.45) is 5.79. The molecule has 0 spiro atoms. The molecule has 1 saturated carbocycles. The van der Waals surface area contributed by atoms with E-state index in [1.165, 1.54) is 25.7 Å². The van der Waals surface area contributed by atoms with E-state index in [-0.39, 0.29) is 0 Å². The lowest BCUT2D eigenvalue weighted by molar-refractivity contribution is -0.0265. The summed E-state index contributed by atoms with van der Waals surface area (Å²) in [6, 6.07) is 0. The van der Waals surface area contributed by atoms with E-state index in [1.807, 2.05) is 0 Å². The lowest BCUT2D eigenvalue weighted by Gasteiger charge is -2.38. The Morgan fingerprint density at radius 1 is 1.32 bits per heavy atom. The number of morpholine rings is 1. The van der Waals surface area contributed by atoms with Crippen LogP contribution < -0.4 is 5.32 Å². The van der Waals surface area contributed by atoms with Gasteiger partial charge in [0.15, 0.2) is 0 Å². The molecule has 19 heavy (non-hydrogen) atoms. The first-order valence-corrected chi connectivity index (χ1v) is 7.88. The summed E-state index contributed by atoms with van der Waals surface area (Å²) in [6.45, 7) is 8.53. The molecular formula is C15H31N3O. The molecule has 4 nitrogen and oxygen atoms in total. The molecule has 1 N–H and O–H groups in total. The quantitative estimate of drug-likeness (QED) is 0.783. The molecule has 2 rings (SSSR count). The molecule has 1 atom stereocenters. The van der Waals surface area contributed by atoms with Gasteiger partial charge >= 0.3 is 0 Å². The van der Waals surface area contributed by atoms with Gasteiger partial charge < -0.3 is 15.0 Å². The second-order valence-electron chi connectivity index (χ2n) is 6.34. The summed E-state index contributed by atoms with van der Waals surface area (Å²) in [5.41, 5.74) is 0.388. The fraction of sp³-hybridized carbons (Fsp3) is 1.00. The summed E-state index contributed by atoms with van der Waals surface area (Å²) in [5, 5.41) is 3.67. The van der Waals surface area contributed by atoms with Crippen LogP contribution in [0, 0.1) is 0 Å². The lowest BCUT2D eigenvalue weighted by Crippen LogP contribution is -2.52. The fourth-order valence-electron chi connectivity index (χ4n) is 3.47. The predicted octanol–water partition coefficient (Wildman–Crippen LogP) is 1.17. The first-order valence-electron chi connectivity index (χ1n) is 7.88. The van der Waals surface area contributed by atoms with Crippen LogP contribution in [0.15, 0.2) is 0 Å². The maximum Gasteiger partial charge on any atom is 0.0826 e. The number of hydrogen-bond donors (Lipinski definition) is 1. The number of hydrogen-bond acceptors (Lipinski definition) is 4. The highest BCUT2D eigenvalue weighted by atomic mass is 16.5. The van der Waals surface area contributed by atoms with E-state index in [2.05, 4.69) is 36.1 Å². The Balaban J connectivity index is 1.73. The molecule has 2 fully saturated rings. The van der Waals surface area contributed by atoms with Crippen molar-refractivity contribution in [1.29, 1.82) is 0 Å². The third-order valence-corrected chi connectivity index (χ3v) is 4.98. The molecule has 0 radical (unpaired) electrons. The molecule has 2 aliphatic rings. The van der Waals surface area contributed by atoms with Crippen molar-refractivity contribution in [2.45, 2.75) is 44.2 Å². The Morgan fingerprint density at radius 2 is 2.05 bits per heavy atom. The topological polar surface area (TPSA) is 27.7 Å². The van der Waals surface area contributed by atoms with E-state index >= 15 is 0 Å². The molecule has 0 amide bonds. The SMILES string of the molecule is CCN1CCOC(CNCC2(N(C)C)CCCC2)C1. The minimum absolute atomic E-state index is 0.370. The van der Waals surface area contributed by atoms with E-state index in [4.69, 9.17) is 4.74 Å². The molecule has 112 valence electrons. The van der Waals surface area contributed by atoms with Gasteiger partial charge in [-0.3, -0.25) is 4.90 Å². The van der Waals surface area contributed by atoms with Gasteiger partial charge in [0.05, 0.1) is 12.7 Å². The Hall–Kier alpha value is -0.160. The van der Waals surface area contributed by atoms with Crippen molar-refractivity contribution in [2.24, 2.45) is 0 Å². The number of likely N-dealkylation sites (N-methyl/N-ethyl adjacent to an activating group) is 2. The highest BCUT2D eigenvalue weighted by molar-refractivity contribution is 4.94. The van der Waals surface area contributed by atoms with Gasteiger partial charge in [-0.05, 0) is 33.5 Å². The Bertz CT molecular complexity index is 264. The van der Waals surface area contributed by atoms with Crippen LogP contribution in [0.25, 0.3) is 0 Å². The van der Waals surface area contributed by atoms with Crippen molar-refractivity contribution >= 4 is 0 Å². The summed E-state index contributed by atoms with van der Waals surface area (Å²) < 4.78 is 5.85. The predicted molar refractivity (Wildman–Crippen MR) is 79.6 cm³/mol. The summed E-state index contributed by atoms with van der Waals surface area (Å²) >= 11 is 0. The molecule has 1 unspecified atom stereocenters. The Labute approximate surface area is 118 Å². The largest absolute Gasteiger partial charge is 0.374 e. The minimum Gasteiger partial charge on any atom is -0.374 e. The van der Waals surface area contributed by atoms with Crippen LogP contribution in [0.5, 0.6) is 0 Å². The number of nitrogens with zero attached hydrogens (tertiary/aromatic N) is 2. The van der Waals surface area contributed by atoms with Crippen molar-refractivity contribution in [3.8, 4) is 0 Å². The van der Waals surface area contributed by atoms with Gasteiger partial charge in [-0.1, -0.05) is 19.8 Å². The van der Waals surface area contributed by atoms with Crippen LogP contribution in [0.2, 0.25) is 0 Å². The molecular weight excluding hydrogens is 238 g/mol. The van der Waals surface area contributed by atoms with Crippen LogP contribution in [-0.4, -0.2) is 74.9 Å². The molecule has 0 aromatic rings. The standard InChI is InChI=1S/C15H31N3O/c1-4-18-9-10-19-14(12-18)11-16-13-15(17(2)3)7-5-6-8-15/h14,16H,4-13H2,1-3H3. The van der Waals surface area contributed by atoms with Crippen molar-refractivity contribution in [3.05, 3.63) is 0 Å². The minimum atomic E-state index is 0.370. The normalized spacial score (nSPS) is 28.1. The summed E-state index contributed by atoms with van der Waals surface area (Å²) in [5.74, 6) is 0. The molecule has 0 aromatic heterocycles. The van der Waals surface area contributed by atoms with Gasteiger partial charge in [0.2, 0.25) is 0 Å². The zero-order chi connectivity index (χ0) is 13.7. The smallest absolute Gasteiger partial charge is 0.0826 e. The third kappa shape index (κ3) is 3.91. The van der Waals surface area contributed by atoms with Gasteiger partial charge in [0, 0.05) is 31.7 Å². The zero-order valence-corrected chi connectivity index (χ0v) is 13.0. The van der Waals surface area contributed by atoms with E-state index in [0.29, 0.717) is 11.6 Å². The molecule has 1 aliphatic carbocycles. The average Bonchev–Trinajstić information content (AvgIpc) is 2.89. The van der Waals surface area contributed by atoms with Gasteiger partial charge in [0.1, 0.15) is 0 Å². The van der Waals surface area contributed by atoms with E-state index in [0.717, 1.165) is 39.3 Å². The summed E-state index contributed by atoms with van der Waals surface area (Å²) in [7, 11) is 4.45. The maximum absolute atomic E-state index is 5.85. The maximum atomic E-state index is 5.85. The second kappa shape index (κ2) is 7.02. The van der Waals surface area contributed by atoms with Gasteiger partial charge in [0.25, 0.3) is 0 Å². The Kier molecular flexibility index (Phi) is 5.63. The lowest BCUT2D eigenvalue weighted by atomic mass is 9.96. The van der Waals surface area contributed by atoms with Crippen molar-refractivity contribution in [2.75, 3.05) is 53.4 Å². The molecule has 0 aromatic carbocycles. The summed E-state index contributed by atoms with van der Waals surface area (Å²) in [4.78, 5) is 4.90.